The average Bonchev–Trinajstić information content (AvgIpc) is 1.62. The molecule has 2 aliphatic carbocycles. The van der Waals surface area contributed by atoms with Crippen molar-refractivity contribution in [3.05, 3.63) is 149 Å². The Morgan fingerprint density at radius 2 is 0.754 bits per heavy atom. The number of nitrogens with zero attached hydrogens (tertiary/aromatic N) is 9. The van der Waals surface area contributed by atoms with Gasteiger partial charge in [0.05, 0.1) is 27.4 Å². The number of amides is 7. The summed E-state index contributed by atoms with van der Waals surface area (Å²) in [5, 5.41) is 16.5. The zero-order valence-corrected chi connectivity index (χ0v) is 69.0. The van der Waals surface area contributed by atoms with Gasteiger partial charge in [-0.2, -0.15) is 0 Å². The van der Waals surface area contributed by atoms with Crippen LogP contribution < -0.4 is 22.2 Å². The van der Waals surface area contributed by atoms with Gasteiger partial charge in [-0.05, 0) is 234 Å². The molecule has 7 amide bonds. The lowest BCUT2D eigenvalue weighted by Crippen LogP contribution is -2.51. The van der Waals surface area contributed by atoms with Crippen molar-refractivity contribution in [2.75, 3.05) is 95.3 Å². The van der Waals surface area contributed by atoms with Crippen molar-refractivity contribution >= 4 is 138 Å². The quantitative estimate of drug-likeness (QED) is 0.0686. The first-order chi connectivity index (χ1) is 53.7. The predicted molar refractivity (Wildman–Crippen MR) is 438 cm³/mol. The van der Waals surface area contributed by atoms with Crippen molar-refractivity contribution < 1.29 is 75.4 Å². The highest BCUT2D eigenvalue weighted by atomic mass is 79.9. The van der Waals surface area contributed by atoms with Crippen LogP contribution in [0.1, 0.15) is 147 Å². The number of carbonyl (C=O) groups excluding carboxylic acids is 8. The van der Waals surface area contributed by atoms with Crippen LogP contribution in [0.15, 0.2) is 145 Å². The molecule has 0 bridgehead atoms. The third-order valence-corrected chi connectivity index (χ3v) is 20.6. The lowest BCUT2D eigenvalue weighted by atomic mass is 9.79. The number of fused-ring (bicyclic) bond motifs is 3. The van der Waals surface area contributed by atoms with Gasteiger partial charge in [-0.3, -0.25) is 24.0 Å². The summed E-state index contributed by atoms with van der Waals surface area (Å²) in [5.74, 6) is 1.40. The molecule has 6 fully saturated rings. The second-order valence-corrected chi connectivity index (χ2v) is 34.0. The van der Waals surface area contributed by atoms with Crippen LogP contribution in [0.3, 0.4) is 0 Å². The van der Waals surface area contributed by atoms with Crippen LogP contribution in [0.25, 0.3) is 55.2 Å². The maximum absolute atomic E-state index is 13.0. The first-order valence-electron chi connectivity index (χ1n) is 38.1. The van der Waals surface area contributed by atoms with E-state index in [9.17, 15) is 38.4 Å². The molecule has 0 atom stereocenters. The molecular weight excluding hydrogens is 1550 g/mol. The number of benzene rings is 6. The Morgan fingerprint density at radius 1 is 0.439 bits per heavy atom. The van der Waals surface area contributed by atoms with E-state index < -0.39 is 35.1 Å². The highest BCUT2D eigenvalue weighted by molar-refractivity contribution is 9.10. The molecule has 4 aliphatic heterocycles. The number of aromatic nitrogens is 3. The fourth-order valence-electron chi connectivity index (χ4n) is 12.3. The van der Waals surface area contributed by atoms with E-state index in [1.807, 2.05) is 217 Å². The second kappa shape index (κ2) is 35.0. The van der Waals surface area contributed by atoms with Crippen molar-refractivity contribution in [1.29, 1.82) is 0 Å². The van der Waals surface area contributed by atoms with Crippen molar-refractivity contribution in [2.45, 2.75) is 144 Å². The van der Waals surface area contributed by atoms with Gasteiger partial charge in [0.15, 0.2) is 34.2 Å². The van der Waals surface area contributed by atoms with Gasteiger partial charge in [-0.15, -0.1) is 0 Å². The number of hydrogen-bond acceptors (Lipinski definition) is 21. The van der Waals surface area contributed by atoms with Crippen LogP contribution in [0, 0.1) is 11.8 Å². The van der Waals surface area contributed by atoms with E-state index in [0.29, 0.717) is 129 Å². The van der Waals surface area contributed by atoms with Gasteiger partial charge < -0.3 is 83.3 Å². The van der Waals surface area contributed by atoms with Crippen LogP contribution in [0.2, 0.25) is 0 Å². The van der Waals surface area contributed by atoms with Crippen LogP contribution in [-0.2, 0) is 33.1 Å². The summed E-state index contributed by atoms with van der Waals surface area (Å²) in [6.07, 6.45) is 2.86. The Morgan fingerprint density at radius 3 is 1.11 bits per heavy atom. The molecule has 2 saturated carbocycles. The van der Waals surface area contributed by atoms with Crippen LogP contribution >= 0.6 is 27.5 Å². The Bertz CT molecular complexity index is 4950. The molecule has 0 spiro atoms. The summed E-state index contributed by atoms with van der Waals surface area (Å²) < 4.78 is 44.9. The van der Waals surface area contributed by atoms with Crippen molar-refractivity contribution in [2.24, 2.45) is 11.8 Å². The van der Waals surface area contributed by atoms with Gasteiger partial charge in [0.25, 0.3) is 17.7 Å². The molecule has 0 radical (unpaired) electrons. The molecular formula is C83H99BBrClN12O16. The standard InChI is InChI=1S/C27H30N4O5.C23H26N4O4.C22H33BN2O5.C7H5BrN2O.C4H5ClO/c1-27(2,3)35-26(34)31-14-12-30(13-15-31)25(33)19-8-4-17(5-9-19)20-10-11-21-22(16-20)36-29-23(21)28-24(32)18-6-7-18;1-23(2,3)30-22(29)27-12-10-26(11-13-27)21(28)16-6-4-15(5-7-16)17-8-9-18-19(14-17)31-25-20(18)24;1-20(2,3)28-19(27)25-14-12-24(13-15-25)18(26)16-8-10-17(11-9-16)23-29-21(4,5)22(6,7)30-23;8-4-1-2-5-6(3-4)11-10-7(5)9;5-4(6)3-1-2-3/h4-5,8-11,16,18H,6-7,12-15H2,1-3H3,(H,28,29,32);4-9,14H,10-13H2,1-3H3,(H2,24,25);8-11H,12-15H2,1-7H3;1-3H,(H2,9,10);3H,1-2H2. The molecule has 0 unspecified atom stereocenters. The second-order valence-electron chi connectivity index (χ2n) is 32.7. The lowest BCUT2D eigenvalue weighted by molar-refractivity contribution is -0.117. The Labute approximate surface area is 675 Å². The van der Waals surface area contributed by atoms with Crippen molar-refractivity contribution in [3.8, 4) is 22.3 Å². The Kier molecular flexibility index (Phi) is 25.9. The first kappa shape index (κ1) is 84.4. The van der Waals surface area contributed by atoms with Crippen LogP contribution in [0.5, 0.6) is 0 Å². The summed E-state index contributed by atoms with van der Waals surface area (Å²) >= 11 is 8.35. The van der Waals surface area contributed by atoms with Gasteiger partial charge in [-0.1, -0.05) is 79.9 Å². The molecule has 6 aliphatic rings. The zero-order valence-electron chi connectivity index (χ0n) is 66.6. The van der Waals surface area contributed by atoms with Gasteiger partial charge in [-0.25, -0.2) is 14.4 Å². The summed E-state index contributed by atoms with van der Waals surface area (Å²) in [5.41, 5.74) is 17.3. The smallest absolute Gasteiger partial charge is 0.444 e. The van der Waals surface area contributed by atoms with Gasteiger partial charge >= 0.3 is 25.4 Å². The van der Waals surface area contributed by atoms with E-state index in [1.54, 1.807) is 29.4 Å². The summed E-state index contributed by atoms with van der Waals surface area (Å²) in [4.78, 5) is 108. The molecule has 4 saturated heterocycles. The van der Waals surface area contributed by atoms with E-state index >= 15 is 0 Å². The summed E-state index contributed by atoms with van der Waals surface area (Å²) in [6.45, 7) is 30.2. The number of ether oxygens (including phenoxy) is 3. The fourth-order valence-corrected chi connectivity index (χ4v) is 12.9. The van der Waals surface area contributed by atoms with Gasteiger partial charge in [0, 0.05) is 112 Å². The average molecular weight is 1650 g/mol. The third kappa shape index (κ3) is 22.1. The number of halogens is 2. The number of carbonyl (C=O) groups is 8. The van der Waals surface area contributed by atoms with Crippen LogP contribution in [-0.4, -0.2) is 206 Å². The number of nitrogens with one attached hydrogen (secondary N) is 1. The van der Waals surface area contributed by atoms with E-state index in [4.69, 9.17) is 60.2 Å². The largest absolute Gasteiger partial charge is 0.494 e. The molecule has 5 N–H and O–H groups in total. The maximum atomic E-state index is 13.0. The minimum Gasteiger partial charge on any atom is -0.444 e. The van der Waals surface area contributed by atoms with Gasteiger partial charge in [0.1, 0.15) is 16.8 Å². The molecule has 31 heteroatoms. The number of piperazine rings is 3. The van der Waals surface area contributed by atoms with E-state index in [0.717, 1.165) is 74.0 Å². The monoisotopic (exact) mass is 1640 g/mol. The summed E-state index contributed by atoms with van der Waals surface area (Å²) in [7, 11) is -0.448. The zero-order chi connectivity index (χ0) is 82.4. The van der Waals surface area contributed by atoms with E-state index in [-0.39, 0.29) is 59.0 Å². The number of anilines is 3. The van der Waals surface area contributed by atoms with E-state index in [1.165, 1.54) is 0 Å². The minimum atomic E-state index is -0.544. The number of nitrogen functional groups attached to an aromatic ring is 2. The lowest BCUT2D eigenvalue weighted by Gasteiger charge is -2.35. The minimum absolute atomic E-state index is 0.0132. The van der Waals surface area contributed by atoms with E-state index in [2.05, 4.69) is 36.7 Å². The highest BCUT2D eigenvalue weighted by Crippen LogP contribution is 2.38. The maximum Gasteiger partial charge on any atom is 0.494 e. The molecule has 3 aromatic heterocycles. The molecule has 9 aromatic rings. The summed E-state index contributed by atoms with van der Waals surface area (Å²) in [6, 6.07) is 39.2. The van der Waals surface area contributed by atoms with Crippen LogP contribution in [0.4, 0.5) is 31.8 Å². The van der Waals surface area contributed by atoms with Crippen molar-refractivity contribution in [3.63, 3.8) is 0 Å². The number of hydrogen-bond donors (Lipinski definition) is 3. The molecule has 28 nitrogen and oxygen atoms in total. The molecule has 7 heterocycles. The fraction of sp³-hybridized carbons (Fsp3) is 0.434. The Hall–Kier alpha value is -10.6. The normalized spacial score (nSPS) is 16.7. The molecule has 604 valence electrons. The SMILES string of the molecule is CC(C)(C)OC(=O)N1CCN(C(=O)c2ccc(-c3ccc4c(N)noc4c3)cc2)CC1.CC(C)(C)OC(=O)N1CCN(C(=O)c2ccc(-c3ccc4c(NC(=O)C5CC5)noc4c3)cc2)CC1.CC(C)(C)OC(=O)N1CCN(C(=O)c2ccc(B3OC(C)(C)C(C)(C)O3)cc2)CC1.Nc1noc2cc(Br)ccc12.O=C(Cl)C1CC1. The first-order valence-corrected chi connectivity index (χ1v) is 39.3. The van der Waals surface area contributed by atoms with Crippen molar-refractivity contribution in [1.82, 2.24) is 44.9 Å². The topological polar surface area (TPSA) is 344 Å². The molecule has 15 rings (SSSR count). The number of nitrogens with two attached hydrogens (primary N) is 2. The third-order valence-electron chi connectivity index (χ3n) is 19.8. The predicted octanol–water partition coefficient (Wildman–Crippen LogP) is 14.3. The molecule has 6 aromatic carbocycles. The highest BCUT2D eigenvalue weighted by Gasteiger charge is 2.52. The number of rotatable bonds is 9. The Balaban J connectivity index is 0.000000152. The molecule has 114 heavy (non-hydrogen) atoms. The van der Waals surface area contributed by atoms with Gasteiger partial charge in [0.2, 0.25) is 11.1 Å².